The molecule has 0 unspecified atom stereocenters. The van der Waals surface area contributed by atoms with Crippen LogP contribution in [0.2, 0.25) is 0 Å². The van der Waals surface area contributed by atoms with Crippen LogP contribution in [-0.4, -0.2) is 13.0 Å². The summed E-state index contributed by atoms with van der Waals surface area (Å²) in [6.45, 7) is -0.323. The third-order valence-corrected chi connectivity index (χ3v) is 3.19. The van der Waals surface area contributed by atoms with Crippen LogP contribution in [0.5, 0.6) is 0 Å². The lowest BCUT2D eigenvalue weighted by atomic mass is 10.1. The van der Waals surface area contributed by atoms with E-state index in [0.717, 1.165) is 20.9 Å². The fourth-order valence-corrected chi connectivity index (χ4v) is 1.79. The van der Waals surface area contributed by atoms with E-state index in [-0.39, 0.29) is 6.61 Å². The lowest BCUT2D eigenvalue weighted by molar-refractivity contribution is 0.00970. The van der Waals surface area contributed by atoms with Gasteiger partial charge in [0.1, 0.15) is 6.61 Å². The van der Waals surface area contributed by atoms with E-state index in [9.17, 15) is 8.78 Å². The predicted octanol–water partition coefficient (Wildman–Crippen LogP) is 4.13. The van der Waals surface area contributed by atoms with Crippen molar-refractivity contribution in [3.63, 3.8) is 0 Å². The van der Waals surface area contributed by atoms with Crippen LogP contribution in [0.25, 0.3) is 0 Å². The summed E-state index contributed by atoms with van der Waals surface area (Å²) in [4.78, 5) is 0. The van der Waals surface area contributed by atoms with E-state index in [2.05, 4.69) is 31.9 Å². The van der Waals surface area contributed by atoms with Gasteiger partial charge in [-0.3, -0.25) is 0 Å². The summed E-state index contributed by atoms with van der Waals surface area (Å²) in [5.74, 6) is 0. The third kappa shape index (κ3) is 4.57. The summed E-state index contributed by atoms with van der Waals surface area (Å²) in [7, 11) is 0. The summed E-state index contributed by atoms with van der Waals surface area (Å²) < 4.78 is 29.4. The fraction of sp³-hybridized carbons (Fsp3) is 0.400. The van der Waals surface area contributed by atoms with Crippen LogP contribution in [0.3, 0.4) is 0 Å². The number of alkyl halides is 3. The second-order valence-electron chi connectivity index (χ2n) is 2.97. The number of benzene rings is 1. The number of hydrogen-bond acceptors (Lipinski definition) is 1. The molecule has 0 aliphatic rings. The van der Waals surface area contributed by atoms with Crippen molar-refractivity contribution >= 4 is 31.9 Å². The standard InChI is InChI=1S/C10H10Br2F2O/c11-4-7-1-2-9(12)8(3-7)5-15-6-10(13)14/h1-3,10H,4-6H2. The van der Waals surface area contributed by atoms with E-state index in [1.807, 2.05) is 18.2 Å². The molecule has 0 aliphatic heterocycles. The van der Waals surface area contributed by atoms with Gasteiger partial charge >= 0.3 is 0 Å². The molecule has 5 heteroatoms. The third-order valence-electron chi connectivity index (χ3n) is 1.77. The maximum atomic E-state index is 11.8. The zero-order chi connectivity index (χ0) is 11.3. The largest absolute Gasteiger partial charge is 0.371 e. The molecule has 15 heavy (non-hydrogen) atoms. The van der Waals surface area contributed by atoms with Gasteiger partial charge in [0.25, 0.3) is 6.43 Å². The molecule has 0 aromatic heterocycles. The molecule has 0 fully saturated rings. The quantitative estimate of drug-likeness (QED) is 0.730. The zero-order valence-electron chi connectivity index (χ0n) is 7.85. The second kappa shape index (κ2) is 6.55. The summed E-state index contributed by atoms with van der Waals surface area (Å²) in [5.41, 5.74) is 1.97. The fourth-order valence-electron chi connectivity index (χ4n) is 1.08. The van der Waals surface area contributed by atoms with Crippen LogP contribution in [0, 0.1) is 0 Å². The number of halogens is 4. The van der Waals surface area contributed by atoms with Crippen molar-refractivity contribution in [2.24, 2.45) is 0 Å². The van der Waals surface area contributed by atoms with Gasteiger partial charge in [-0.25, -0.2) is 8.78 Å². The Morgan fingerprint density at radius 1 is 1.33 bits per heavy atom. The lowest BCUT2D eigenvalue weighted by Crippen LogP contribution is -2.04. The molecule has 0 radical (unpaired) electrons. The SMILES string of the molecule is FC(F)COCc1cc(CBr)ccc1Br. The van der Waals surface area contributed by atoms with E-state index in [0.29, 0.717) is 0 Å². The van der Waals surface area contributed by atoms with Gasteiger partial charge in [0, 0.05) is 9.80 Å². The molecule has 0 N–H and O–H groups in total. The molecule has 1 aromatic carbocycles. The minimum absolute atomic E-state index is 0.200. The Kier molecular flexibility index (Phi) is 5.71. The Hall–Kier alpha value is -0.000000000000000111. The van der Waals surface area contributed by atoms with Crippen LogP contribution >= 0.6 is 31.9 Å². The van der Waals surface area contributed by atoms with Crippen LogP contribution in [0.1, 0.15) is 11.1 Å². The first-order chi connectivity index (χ1) is 7.13. The molecule has 0 aliphatic carbocycles. The van der Waals surface area contributed by atoms with Gasteiger partial charge < -0.3 is 4.74 Å². The van der Waals surface area contributed by atoms with Crippen molar-refractivity contribution in [1.29, 1.82) is 0 Å². The predicted molar refractivity (Wildman–Crippen MR) is 62.4 cm³/mol. The summed E-state index contributed by atoms with van der Waals surface area (Å²) >= 11 is 6.68. The first kappa shape index (κ1) is 13.1. The Bertz CT molecular complexity index is 318. The maximum absolute atomic E-state index is 11.8. The highest BCUT2D eigenvalue weighted by Crippen LogP contribution is 2.20. The first-order valence-corrected chi connectivity index (χ1v) is 6.24. The second-order valence-corrected chi connectivity index (χ2v) is 4.38. The number of ether oxygens (including phenoxy) is 1. The zero-order valence-corrected chi connectivity index (χ0v) is 11.0. The Balaban J connectivity index is 2.59. The highest BCUT2D eigenvalue weighted by Gasteiger charge is 2.05. The van der Waals surface area contributed by atoms with E-state index in [4.69, 9.17) is 4.74 Å². The average molecular weight is 344 g/mol. The molecule has 0 saturated carbocycles. The van der Waals surface area contributed by atoms with Crippen molar-refractivity contribution in [1.82, 2.24) is 0 Å². The van der Waals surface area contributed by atoms with Gasteiger partial charge in [-0.05, 0) is 17.2 Å². The van der Waals surface area contributed by atoms with Crippen LogP contribution in [0.15, 0.2) is 22.7 Å². The highest BCUT2D eigenvalue weighted by atomic mass is 79.9. The molecule has 1 aromatic rings. The van der Waals surface area contributed by atoms with Gasteiger partial charge in [0.05, 0.1) is 6.61 Å². The first-order valence-electron chi connectivity index (χ1n) is 4.32. The molecule has 1 nitrogen and oxygen atoms in total. The molecule has 84 valence electrons. The van der Waals surface area contributed by atoms with Gasteiger partial charge in [-0.2, -0.15) is 0 Å². The minimum atomic E-state index is -2.41. The van der Waals surface area contributed by atoms with Crippen LogP contribution in [-0.2, 0) is 16.7 Å². The van der Waals surface area contributed by atoms with Crippen molar-refractivity contribution in [3.05, 3.63) is 33.8 Å². The van der Waals surface area contributed by atoms with Gasteiger partial charge in [0.15, 0.2) is 0 Å². The summed E-state index contributed by atoms with van der Waals surface area (Å²) in [6, 6.07) is 5.76. The Labute approximate surface area is 104 Å². The van der Waals surface area contributed by atoms with E-state index < -0.39 is 13.0 Å². The van der Waals surface area contributed by atoms with E-state index >= 15 is 0 Å². The Morgan fingerprint density at radius 3 is 2.67 bits per heavy atom. The molecular formula is C10H10Br2F2O. The minimum Gasteiger partial charge on any atom is -0.371 e. The van der Waals surface area contributed by atoms with Crippen LogP contribution in [0.4, 0.5) is 8.78 Å². The van der Waals surface area contributed by atoms with Gasteiger partial charge in [0.2, 0.25) is 0 Å². The smallest absolute Gasteiger partial charge is 0.261 e. The Morgan fingerprint density at radius 2 is 2.07 bits per heavy atom. The lowest BCUT2D eigenvalue weighted by Gasteiger charge is -2.07. The van der Waals surface area contributed by atoms with Crippen molar-refractivity contribution in [2.75, 3.05) is 6.61 Å². The van der Waals surface area contributed by atoms with Crippen LogP contribution < -0.4 is 0 Å². The molecule has 0 saturated heterocycles. The number of hydrogen-bond donors (Lipinski definition) is 0. The molecule has 0 heterocycles. The molecule has 0 atom stereocenters. The summed E-state index contributed by atoms with van der Waals surface area (Å²) in [5, 5.41) is 0.738. The van der Waals surface area contributed by atoms with Crippen molar-refractivity contribution in [2.45, 2.75) is 18.4 Å². The van der Waals surface area contributed by atoms with Gasteiger partial charge in [-0.1, -0.05) is 44.0 Å². The summed E-state index contributed by atoms with van der Waals surface area (Å²) in [6.07, 6.45) is -2.41. The van der Waals surface area contributed by atoms with Crippen molar-refractivity contribution in [3.8, 4) is 0 Å². The monoisotopic (exact) mass is 342 g/mol. The van der Waals surface area contributed by atoms with Gasteiger partial charge in [-0.15, -0.1) is 0 Å². The molecule has 0 amide bonds. The topological polar surface area (TPSA) is 9.23 Å². The van der Waals surface area contributed by atoms with Crippen molar-refractivity contribution < 1.29 is 13.5 Å². The van der Waals surface area contributed by atoms with E-state index in [1.54, 1.807) is 0 Å². The highest BCUT2D eigenvalue weighted by molar-refractivity contribution is 9.10. The average Bonchev–Trinajstić information content (AvgIpc) is 2.20. The van der Waals surface area contributed by atoms with E-state index in [1.165, 1.54) is 0 Å². The molecular weight excluding hydrogens is 334 g/mol. The molecule has 1 rings (SSSR count). The normalized spacial score (nSPS) is 11.0. The molecule has 0 spiro atoms. The molecule has 0 bridgehead atoms. The number of rotatable bonds is 5. The maximum Gasteiger partial charge on any atom is 0.261 e.